The third-order valence-corrected chi connectivity index (χ3v) is 3.00. The molecule has 1 N–H and O–H groups in total. The van der Waals surface area contributed by atoms with Gasteiger partial charge in [-0.05, 0) is 32.4 Å². The van der Waals surface area contributed by atoms with Crippen LogP contribution in [0, 0.1) is 0 Å². The summed E-state index contributed by atoms with van der Waals surface area (Å²) in [6.45, 7) is 16.5. The number of anilines is 1. The molecule has 0 aromatic carbocycles. The molecule has 1 aromatic rings. The lowest BCUT2D eigenvalue weighted by Gasteiger charge is -2.38. The Bertz CT molecular complexity index is 405. The molecule has 0 amide bonds. The highest BCUT2D eigenvalue weighted by atomic mass is 15.2. The first-order chi connectivity index (χ1) is 8.86. The topological polar surface area (TPSA) is 28.2 Å². The molecule has 1 heterocycles. The monoisotopic (exact) mass is 261 g/mol. The van der Waals surface area contributed by atoms with Crippen molar-refractivity contribution in [3.8, 4) is 0 Å². The second-order valence-corrected chi connectivity index (χ2v) is 6.11. The van der Waals surface area contributed by atoms with E-state index in [1.54, 1.807) is 0 Å². The molecule has 3 nitrogen and oxygen atoms in total. The van der Waals surface area contributed by atoms with Crippen LogP contribution >= 0.6 is 0 Å². The highest BCUT2D eigenvalue weighted by Gasteiger charge is 2.22. The predicted octanol–water partition coefficient (Wildman–Crippen LogP) is 3.37. The summed E-state index contributed by atoms with van der Waals surface area (Å²) in [4.78, 5) is 6.62. The maximum absolute atomic E-state index is 4.29. The number of pyridine rings is 1. The van der Waals surface area contributed by atoms with Crippen molar-refractivity contribution in [2.24, 2.45) is 0 Å². The van der Waals surface area contributed by atoms with Crippen LogP contribution in [0.2, 0.25) is 0 Å². The van der Waals surface area contributed by atoms with Gasteiger partial charge in [-0.3, -0.25) is 4.98 Å². The van der Waals surface area contributed by atoms with E-state index in [1.165, 1.54) is 11.3 Å². The molecule has 0 fully saturated rings. The zero-order chi connectivity index (χ0) is 14.5. The van der Waals surface area contributed by atoms with Gasteiger partial charge in [0.05, 0.1) is 11.9 Å². The molecular weight excluding hydrogens is 234 g/mol. The third kappa shape index (κ3) is 4.67. The molecule has 0 unspecified atom stereocenters. The lowest BCUT2D eigenvalue weighted by molar-refractivity contribution is 0.517. The van der Waals surface area contributed by atoms with Crippen molar-refractivity contribution in [2.75, 3.05) is 11.4 Å². The van der Waals surface area contributed by atoms with Crippen LogP contribution in [-0.4, -0.2) is 23.1 Å². The third-order valence-electron chi connectivity index (χ3n) is 3.00. The lowest BCUT2D eigenvalue weighted by atomic mass is 10.0. The zero-order valence-electron chi connectivity index (χ0n) is 12.9. The average Bonchev–Trinajstić information content (AvgIpc) is 2.32. The number of aromatic nitrogens is 1. The van der Waals surface area contributed by atoms with Gasteiger partial charge in [0.25, 0.3) is 0 Å². The fourth-order valence-corrected chi connectivity index (χ4v) is 1.98. The summed E-state index contributed by atoms with van der Waals surface area (Å²) >= 11 is 0. The van der Waals surface area contributed by atoms with E-state index in [0.717, 1.165) is 13.1 Å². The van der Waals surface area contributed by atoms with Crippen molar-refractivity contribution in [3.63, 3.8) is 0 Å². The molecule has 1 rings (SSSR count). The van der Waals surface area contributed by atoms with Crippen molar-refractivity contribution >= 4 is 5.69 Å². The van der Waals surface area contributed by atoms with E-state index in [-0.39, 0.29) is 5.54 Å². The predicted molar refractivity (Wildman–Crippen MR) is 83.5 cm³/mol. The van der Waals surface area contributed by atoms with Gasteiger partial charge in [-0.15, -0.1) is 6.58 Å². The highest BCUT2D eigenvalue weighted by molar-refractivity contribution is 5.54. The maximum Gasteiger partial charge on any atom is 0.0605 e. The van der Waals surface area contributed by atoms with E-state index in [2.05, 4.69) is 62.5 Å². The molecular formula is C16H27N3. The quantitative estimate of drug-likeness (QED) is 0.796. The number of hydrogen-bond donors (Lipinski definition) is 1. The van der Waals surface area contributed by atoms with Gasteiger partial charge in [0.15, 0.2) is 0 Å². The van der Waals surface area contributed by atoms with Crippen LogP contribution < -0.4 is 10.2 Å². The van der Waals surface area contributed by atoms with Crippen molar-refractivity contribution in [3.05, 3.63) is 36.7 Å². The van der Waals surface area contributed by atoms with Crippen LogP contribution in [0.15, 0.2) is 31.1 Å². The van der Waals surface area contributed by atoms with Crippen LogP contribution in [-0.2, 0) is 6.54 Å². The minimum atomic E-state index is 0.0454. The molecule has 0 atom stereocenters. The fraction of sp³-hybridized carbons (Fsp3) is 0.562. The van der Waals surface area contributed by atoms with Crippen molar-refractivity contribution < 1.29 is 0 Å². The Morgan fingerprint density at radius 2 is 2.11 bits per heavy atom. The smallest absolute Gasteiger partial charge is 0.0605 e. The highest BCUT2D eigenvalue weighted by Crippen LogP contribution is 2.26. The van der Waals surface area contributed by atoms with E-state index in [9.17, 15) is 0 Å². The van der Waals surface area contributed by atoms with Crippen LogP contribution in [0.25, 0.3) is 0 Å². The van der Waals surface area contributed by atoms with E-state index in [4.69, 9.17) is 0 Å². The minimum Gasteiger partial charge on any atom is -0.361 e. The summed E-state index contributed by atoms with van der Waals surface area (Å²) in [7, 11) is 0. The van der Waals surface area contributed by atoms with E-state index < -0.39 is 0 Å². The van der Waals surface area contributed by atoms with Gasteiger partial charge in [-0.1, -0.05) is 19.9 Å². The van der Waals surface area contributed by atoms with Gasteiger partial charge in [0, 0.05) is 30.9 Å². The van der Waals surface area contributed by atoms with Crippen molar-refractivity contribution in [1.82, 2.24) is 10.3 Å². The first-order valence-corrected chi connectivity index (χ1v) is 6.91. The summed E-state index contributed by atoms with van der Waals surface area (Å²) in [6, 6.07) is 2.57. The van der Waals surface area contributed by atoms with E-state index >= 15 is 0 Å². The molecule has 0 aliphatic carbocycles. The van der Waals surface area contributed by atoms with Crippen LogP contribution in [0.5, 0.6) is 0 Å². The fourth-order valence-electron chi connectivity index (χ4n) is 1.98. The lowest BCUT2D eigenvalue weighted by Crippen LogP contribution is -2.42. The number of nitrogens with zero attached hydrogens (tertiary/aromatic N) is 2. The van der Waals surface area contributed by atoms with Crippen LogP contribution in [0.4, 0.5) is 5.69 Å². The van der Waals surface area contributed by atoms with Crippen molar-refractivity contribution in [2.45, 2.75) is 52.7 Å². The van der Waals surface area contributed by atoms with Gasteiger partial charge >= 0.3 is 0 Å². The maximum atomic E-state index is 4.29. The second kappa shape index (κ2) is 6.71. The summed E-state index contributed by atoms with van der Waals surface area (Å²) in [6.07, 6.45) is 5.75. The standard InChI is InChI=1S/C16H27N3/c1-7-10-19(16(4,5)6)15-12-17-9-8-14(15)11-18-13(2)3/h7-9,12-13,18H,1,10-11H2,2-6H3. The largest absolute Gasteiger partial charge is 0.361 e. The summed E-state index contributed by atoms with van der Waals surface area (Å²) in [5.74, 6) is 0. The Labute approximate surface area is 117 Å². The van der Waals surface area contributed by atoms with E-state index in [1.807, 2.05) is 18.5 Å². The molecule has 106 valence electrons. The Morgan fingerprint density at radius 3 is 2.63 bits per heavy atom. The Kier molecular flexibility index (Phi) is 5.55. The molecule has 0 spiro atoms. The molecule has 19 heavy (non-hydrogen) atoms. The SMILES string of the molecule is C=CCN(c1cnccc1CNC(C)C)C(C)(C)C. The Hall–Kier alpha value is -1.35. The zero-order valence-corrected chi connectivity index (χ0v) is 12.9. The number of rotatable bonds is 6. The summed E-state index contributed by atoms with van der Waals surface area (Å²) in [5, 5.41) is 3.47. The van der Waals surface area contributed by atoms with Gasteiger partial charge in [0.1, 0.15) is 0 Å². The molecule has 0 saturated carbocycles. The molecule has 0 radical (unpaired) electrons. The van der Waals surface area contributed by atoms with Crippen LogP contribution in [0.1, 0.15) is 40.2 Å². The average molecular weight is 261 g/mol. The minimum absolute atomic E-state index is 0.0454. The second-order valence-electron chi connectivity index (χ2n) is 6.11. The van der Waals surface area contributed by atoms with Gasteiger partial charge in [-0.25, -0.2) is 0 Å². The van der Waals surface area contributed by atoms with Crippen molar-refractivity contribution in [1.29, 1.82) is 0 Å². The Balaban J connectivity index is 3.05. The summed E-state index contributed by atoms with van der Waals surface area (Å²) in [5.41, 5.74) is 2.51. The Morgan fingerprint density at radius 1 is 1.42 bits per heavy atom. The van der Waals surface area contributed by atoms with Crippen LogP contribution in [0.3, 0.4) is 0 Å². The van der Waals surface area contributed by atoms with Gasteiger partial charge < -0.3 is 10.2 Å². The van der Waals surface area contributed by atoms with E-state index in [0.29, 0.717) is 6.04 Å². The van der Waals surface area contributed by atoms with Gasteiger partial charge in [-0.2, -0.15) is 0 Å². The number of nitrogens with one attached hydrogen (secondary N) is 1. The molecule has 0 bridgehead atoms. The first-order valence-electron chi connectivity index (χ1n) is 6.91. The number of hydrogen-bond acceptors (Lipinski definition) is 3. The molecule has 0 saturated heterocycles. The molecule has 1 aromatic heterocycles. The molecule has 0 aliphatic rings. The normalized spacial score (nSPS) is 11.7. The first kappa shape index (κ1) is 15.7. The molecule has 3 heteroatoms. The summed E-state index contributed by atoms with van der Waals surface area (Å²) < 4.78 is 0. The van der Waals surface area contributed by atoms with Gasteiger partial charge in [0.2, 0.25) is 0 Å². The molecule has 0 aliphatic heterocycles.